The number of benzene rings is 1. The van der Waals surface area contributed by atoms with Crippen LogP contribution in [0.3, 0.4) is 0 Å². The lowest BCUT2D eigenvalue weighted by Crippen LogP contribution is -2.35. The zero-order chi connectivity index (χ0) is 49.1. The number of carbonyl (C=O) groups excluding carboxylic acids is 3. The molecule has 1 amide bonds. The lowest BCUT2D eigenvalue weighted by molar-refractivity contribution is -0.160. The Balaban J connectivity index is 2.07. The summed E-state index contributed by atoms with van der Waals surface area (Å²) in [6.45, 7) is 18.1. The number of likely N-dealkylation sites (tertiary alicyclic amines) is 1. The number of nitrogens with one attached hydrogen (secondary N) is 1. The minimum absolute atomic E-state index is 0.129. The van der Waals surface area contributed by atoms with Crippen LogP contribution in [0.2, 0.25) is 0 Å². The van der Waals surface area contributed by atoms with Crippen molar-refractivity contribution in [3.8, 4) is 0 Å². The zero-order valence-corrected chi connectivity index (χ0v) is 44.4. The predicted octanol–water partition coefficient (Wildman–Crippen LogP) is 15.1. The number of carbonyl (C=O) groups is 3. The lowest BCUT2D eigenvalue weighted by atomic mass is 9.89. The smallest absolute Gasteiger partial charge is 0.407 e. The molecule has 1 N–H and O–H groups in total. The van der Waals surface area contributed by atoms with Crippen LogP contribution < -0.4 is 5.32 Å². The van der Waals surface area contributed by atoms with Gasteiger partial charge in [0, 0.05) is 39.1 Å². The standard InChI is InChI=1S/C58H103N2O8/c1-6-11-16-20-22-28-43-64-57(65-44-29-23-21-17-12-7-2)38-37-56(62)67-49-53-46-51(34-33-50(30-15-10-5)31-24-18-13-8-3)45-52(47-53)48-66-55(61)36-35-54(32-25-19-14-9-4)68-58(63)59-39-42-60-40-26-27-41-60/h45-47,50,54,57H,3,6-44,48-49H2,1-2,4-5H3,(H,59,63). The summed E-state index contributed by atoms with van der Waals surface area (Å²) in [5, 5.41) is 2.92. The first kappa shape index (κ1) is 61.4. The van der Waals surface area contributed by atoms with Crippen molar-refractivity contribution >= 4 is 18.0 Å². The maximum Gasteiger partial charge on any atom is 0.407 e. The second-order valence-corrected chi connectivity index (χ2v) is 19.9. The molecule has 1 aliphatic heterocycles. The Hall–Kier alpha value is -2.69. The third-order valence-corrected chi connectivity index (χ3v) is 13.5. The van der Waals surface area contributed by atoms with Crippen molar-refractivity contribution in [3.05, 3.63) is 41.8 Å². The van der Waals surface area contributed by atoms with E-state index in [9.17, 15) is 14.4 Å². The van der Waals surface area contributed by atoms with Crippen molar-refractivity contribution in [2.75, 3.05) is 39.4 Å². The van der Waals surface area contributed by atoms with Gasteiger partial charge in [0.25, 0.3) is 0 Å². The molecule has 0 aromatic heterocycles. The van der Waals surface area contributed by atoms with E-state index in [-0.39, 0.29) is 44.1 Å². The molecule has 0 bridgehead atoms. The van der Waals surface area contributed by atoms with Crippen LogP contribution in [0.5, 0.6) is 0 Å². The topological polar surface area (TPSA) is 113 Å². The second-order valence-electron chi connectivity index (χ2n) is 19.9. The molecule has 0 spiro atoms. The molecule has 2 atom stereocenters. The van der Waals surface area contributed by atoms with Gasteiger partial charge in [0.05, 0.1) is 6.42 Å². The van der Waals surface area contributed by atoms with Gasteiger partial charge in [-0.15, -0.1) is 0 Å². The fraction of sp³-hybridized carbons (Fsp3) is 0.828. The van der Waals surface area contributed by atoms with E-state index in [1.807, 2.05) is 6.07 Å². The van der Waals surface area contributed by atoms with E-state index in [2.05, 4.69) is 57.0 Å². The Morgan fingerprint density at radius 1 is 0.574 bits per heavy atom. The van der Waals surface area contributed by atoms with Gasteiger partial charge >= 0.3 is 18.0 Å². The monoisotopic (exact) mass is 956 g/mol. The van der Waals surface area contributed by atoms with Crippen LogP contribution in [0.25, 0.3) is 0 Å². The minimum atomic E-state index is -0.414. The normalized spacial score (nSPS) is 13.8. The number of ether oxygens (including phenoxy) is 5. The summed E-state index contributed by atoms with van der Waals surface area (Å²) < 4.78 is 30.1. The van der Waals surface area contributed by atoms with Crippen molar-refractivity contribution in [2.24, 2.45) is 5.92 Å². The Kier molecular flexibility index (Phi) is 39.0. The Labute approximate surface area is 417 Å². The van der Waals surface area contributed by atoms with Crippen molar-refractivity contribution in [2.45, 2.75) is 265 Å². The van der Waals surface area contributed by atoms with E-state index in [1.165, 1.54) is 115 Å². The fourth-order valence-corrected chi connectivity index (χ4v) is 9.21. The van der Waals surface area contributed by atoms with Crippen LogP contribution in [0.4, 0.5) is 4.79 Å². The minimum Gasteiger partial charge on any atom is -0.461 e. The summed E-state index contributed by atoms with van der Waals surface area (Å²) in [7, 11) is 0. The van der Waals surface area contributed by atoms with Gasteiger partial charge < -0.3 is 33.9 Å². The van der Waals surface area contributed by atoms with Crippen LogP contribution in [0, 0.1) is 12.8 Å². The molecule has 393 valence electrons. The molecule has 1 saturated heterocycles. The number of hydrogen-bond acceptors (Lipinski definition) is 9. The predicted molar refractivity (Wildman–Crippen MR) is 279 cm³/mol. The molecule has 68 heavy (non-hydrogen) atoms. The Morgan fingerprint density at radius 2 is 1.07 bits per heavy atom. The van der Waals surface area contributed by atoms with Crippen LogP contribution >= 0.6 is 0 Å². The zero-order valence-electron chi connectivity index (χ0n) is 44.4. The number of unbranched alkanes of at least 4 members (excludes halogenated alkanes) is 17. The van der Waals surface area contributed by atoms with Gasteiger partial charge in [-0.1, -0.05) is 182 Å². The molecule has 1 heterocycles. The highest BCUT2D eigenvalue weighted by atomic mass is 16.7. The third-order valence-electron chi connectivity index (χ3n) is 13.5. The highest BCUT2D eigenvalue weighted by Crippen LogP contribution is 2.25. The first-order chi connectivity index (χ1) is 33.3. The first-order valence-corrected chi connectivity index (χ1v) is 28.4. The van der Waals surface area contributed by atoms with Gasteiger partial charge in [-0.3, -0.25) is 9.59 Å². The molecule has 0 saturated carbocycles. The van der Waals surface area contributed by atoms with E-state index in [4.69, 9.17) is 23.7 Å². The van der Waals surface area contributed by atoms with E-state index < -0.39 is 12.4 Å². The number of alkyl carbamates (subject to hydrolysis) is 1. The summed E-state index contributed by atoms with van der Waals surface area (Å²) in [5.41, 5.74) is 2.96. The maximum absolute atomic E-state index is 13.3. The molecule has 10 nitrogen and oxygen atoms in total. The van der Waals surface area contributed by atoms with Crippen molar-refractivity contribution in [1.29, 1.82) is 0 Å². The van der Waals surface area contributed by atoms with E-state index in [0.717, 1.165) is 108 Å². The number of aryl methyl sites for hydroxylation is 1. The molecule has 1 aromatic carbocycles. The molecule has 1 fully saturated rings. The van der Waals surface area contributed by atoms with Crippen LogP contribution in [-0.2, 0) is 52.9 Å². The SMILES string of the molecule is [CH2]CCCCCC(CCCC)CCc1cc(COC(=O)CCC(CCCCCC)OC(=O)NCCN2CCCC2)cc(COC(=O)CCC(OCCCCCCCC)OCCCCCCCC)c1. The van der Waals surface area contributed by atoms with Crippen LogP contribution in [-0.4, -0.2) is 74.7 Å². The molecular formula is C58H103N2O8. The van der Waals surface area contributed by atoms with Crippen LogP contribution in [0.15, 0.2) is 18.2 Å². The third kappa shape index (κ3) is 33.8. The number of rotatable bonds is 46. The average Bonchev–Trinajstić information content (AvgIpc) is 3.87. The Bertz CT molecular complexity index is 1350. The fourth-order valence-electron chi connectivity index (χ4n) is 9.21. The molecule has 1 aromatic rings. The molecule has 2 rings (SSSR count). The largest absolute Gasteiger partial charge is 0.461 e. The maximum atomic E-state index is 13.3. The first-order valence-electron chi connectivity index (χ1n) is 28.4. The molecule has 10 heteroatoms. The molecular weight excluding hydrogens is 853 g/mol. The number of hydrogen-bond donors (Lipinski definition) is 1. The highest BCUT2D eigenvalue weighted by Gasteiger charge is 2.19. The molecule has 1 radical (unpaired) electrons. The van der Waals surface area contributed by atoms with Crippen LogP contribution in [0.1, 0.15) is 250 Å². The van der Waals surface area contributed by atoms with Gasteiger partial charge in [-0.05, 0) is 99.6 Å². The number of esters is 2. The van der Waals surface area contributed by atoms with Gasteiger partial charge in [0.15, 0.2) is 6.29 Å². The quantitative estimate of drug-likeness (QED) is 0.0295. The van der Waals surface area contributed by atoms with Gasteiger partial charge in [-0.2, -0.15) is 0 Å². The van der Waals surface area contributed by atoms with Gasteiger partial charge in [-0.25, -0.2) is 4.79 Å². The van der Waals surface area contributed by atoms with Gasteiger partial charge in [0.1, 0.15) is 19.3 Å². The lowest BCUT2D eigenvalue weighted by Gasteiger charge is -2.19. The van der Waals surface area contributed by atoms with Gasteiger partial charge in [0.2, 0.25) is 0 Å². The van der Waals surface area contributed by atoms with Crippen molar-refractivity contribution < 1.29 is 38.1 Å². The summed E-state index contributed by atoms with van der Waals surface area (Å²) in [5.74, 6) is 0.0774. The Morgan fingerprint density at radius 3 is 1.66 bits per heavy atom. The second kappa shape index (κ2) is 43.1. The summed E-state index contributed by atoms with van der Waals surface area (Å²) in [6, 6.07) is 6.31. The molecule has 1 aliphatic rings. The number of nitrogens with zero attached hydrogens (tertiary/aromatic N) is 1. The van der Waals surface area contributed by atoms with Crippen molar-refractivity contribution in [3.63, 3.8) is 0 Å². The highest BCUT2D eigenvalue weighted by molar-refractivity contribution is 5.70. The number of amides is 1. The van der Waals surface area contributed by atoms with E-state index >= 15 is 0 Å². The molecule has 2 unspecified atom stereocenters. The van der Waals surface area contributed by atoms with E-state index in [1.54, 1.807) is 0 Å². The van der Waals surface area contributed by atoms with E-state index in [0.29, 0.717) is 38.5 Å². The summed E-state index contributed by atoms with van der Waals surface area (Å²) in [4.78, 5) is 41.7. The summed E-state index contributed by atoms with van der Waals surface area (Å²) in [6.07, 6.45) is 33.4. The summed E-state index contributed by atoms with van der Waals surface area (Å²) >= 11 is 0. The van der Waals surface area contributed by atoms with Crippen molar-refractivity contribution in [1.82, 2.24) is 10.2 Å². The molecule has 0 aliphatic carbocycles. The average molecular weight is 956 g/mol.